The van der Waals surface area contributed by atoms with E-state index in [9.17, 15) is 9.90 Å². The number of nitrogens with zero attached hydrogens (tertiary/aromatic N) is 1. The maximum atomic E-state index is 12.2. The number of aryl methyl sites for hydroxylation is 2. The maximum absolute atomic E-state index is 12.2. The second-order valence-electron chi connectivity index (χ2n) is 6.42. The van der Waals surface area contributed by atoms with Crippen LogP contribution in [-0.4, -0.2) is 22.1 Å². The molecule has 1 aromatic heterocycles. The van der Waals surface area contributed by atoms with Crippen molar-refractivity contribution < 1.29 is 9.90 Å². The third-order valence-corrected chi connectivity index (χ3v) is 4.50. The first-order chi connectivity index (χ1) is 12.1. The number of carbonyl (C=O) groups excluding carboxylic acids is 1. The monoisotopic (exact) mass is 336 g/mol. The molecule has 2 N–H and O–H groups in total. The largest absolute Gasteiger partial charge is 0.387 e. The highest BCUT2D eigenvalue weighted by atomic mass is 16.3. The van der Waals surface area contributed by atoms with Crippen molar-refractivity contribution in [3.63, 3.8) is 0 Å². The normalized spacial score (nSPS) is 12.3. The fraction of sp³-hybridized carbons (Fsp3) is 0.286. The summed E-state index contributed by atoms with van der Waals surface area (Å²) in [6.07, 6.45) is 3.37. The molecule has 0 spiro atoms. The van der Waals surface area contributed by atoms with Gasteiger partial charge in [-0.1, -0.05) is 31.5 Å². The van der Waals surface area contributed by atoms with Gasteiger partial charge in [0.1, 0.15) is 0 Å². The molecule has 2 aromatic carbocycles. The fourth-order valence-corrected chi connectivity index (χ4v) is 3.03. The third-order valence-electron chi connectivity index (χ3n) is 4.50. The average Bonchev–Trinajstić information content (AvgIpc) is 3.01. The number of aliphatic hydroxyl groups excluding tert-OH is 1. The van der Waals surface area contributed by atoms with Crippen LogP contribution in [0.1, 0.15) is 40.9 Å². The molecule has 4 nitrogen and oxygen atoms in total. The Kier molecular flexibility index (Phi) is 5.19. The Morgan fingerprint density at radius 1 is 1.16 bits per heavy atom. The second kappa shape index (κ2) is 7.53. The molecule has 1 atom stereocenters. The van der Waals surface area contributed by atoms with Gasteiger partial charge in [0, 0.05) is 30.9 Å². The number of benzene rings is 2. The molecule has 1 unspecified atom stereocenters. The summed E-state index contributed by atoms with van der Waals surface area (Å²) in [6.45, 7) is 2.32. The Balaban J connectivity index is 1.62. The van der Waals surface area contributed by atoms with Crippen molar-refractivity contribution in [1.82, 2.24) is 9.88 Å². The molecule has 3 aromatic rings. The summed E-state index contributed by atoms with van der Waals surface area (Å²) in [7, 11) is 1.99. The van der Waals surface area contributed by atoms with Gasteiger partial charge in [0.25, 0.3) is 5.91 Å². The quantitative estimate of drug-likeness (QED) is 0.723. The molecule has 0 saturated heterocycles. The molecule has 1 amide bonds. The van der Waals surface area contributed by atoms with Crippen molar-refractivity contribution in [3.05, 3.63) is 71.4 Å². The molecule has 0 aliphatic heterocycles. The molecule has 25 heavy (non-hydrogen) atoms. The zero-order valence-corrected chi connectivity index (χ0v) is 14.7. The Hall–Kier alpha value is -2.59. The van der Waals surface area contributed by atoms with Crippen LogP contribution in [0.2, 0.25) is 0 Å². The van der Waals surface area contributed by atoms with Gasteiger partial charge in [-0.3, -0.25) is 4.79 Å². The van der Waals surface area contributed by atoms with E-state index in [1.165, 1.54) is 5.56 Å². The molecule has 3 rings (SSSR count). The number of aliphatic hydroxyl groups is 1. The number of nitrogens with one attached hydrogen (secondary N) is 1. The summed E-state index contributed by atoms with van der Waals surface area (Å²) in [5.74, 6) is -0.164. The van der Waals surface area contributed by atoms with Gasteiger partial charge in [0.05, 0.1) is 6.10 Å². The summed E-state index contributed by atoms with van der Waals surface area (Å²) in [5, 5.41) is 14.3. The van der Waals surface area contributed by atoms with E-state index >= 15 is 0 Å². The van der Waals surface area contributed by atoms with E-state index in [-0.39, 0.29) is 12.5 Å². The molecular weight excluding hydrogens is 312 g/mol. The van der Waals surface area contributed by atoms with Crippen molar-refractivity contribution in [1.29, 1.82) is 0 Å². The van der Waals surface area contributed by atoms with Crippen molar-refractivity contribution >= 4 is 16.8 Å². The predicted octanol–water partition coefficient (Wildman–Crippen LogP) is 3.59. The Bertz CT molecular complexity index is 865. The van der Waals surface area contributed by atoms with Gasteiger partial charge in [-0.15, -0.1) is 0 Å². The smallest absolute Gasteiger partial charge is 0.251 e. The van der Waals surface area contributed by atoms with Gasteiger partial charge < -0.3 is 15.0 Å². The van der Waals surface area contributed by atoms with Crippen molar-refractivity contribution in [3.8, 4) is 0 Å². The molecule has 0 bridgehead atoms. The fourth-order valence-electron chi connectivity index (χ4n) is 3.03. The molecule has 4 heteroatoms. The van der Waals surface area contributed by atoms with Gasteiger partial charge in [0.2, 0.25) is 0 Å². The van der Waals surface area contributed by atoms with Crippen LogP contribution in [0.4, 0.5) is 0 Å². The molecular formula is C21H24N2O2. The summed E-state index contributed by atoms with van der Waals surface area (Å²) in [6, 6.07) is 15.5. The van der Waals surface area contributed by atoms with E-state index in [4.69, 9.17) is 0 Å². The number of rotatable bonds is 6. The number of aromatic nitrogens is 1. The minimum atomic E-state index is -0.729. The first kappa shape index (κ1) is 17.2. The highest BCUT2D eigenvalue weighted by Gasteiger charge is 2.12. The number of hydrogen-bond acceptors (Lipinski definition) is 2. The number of fused-ring (bicyclic) bond motifs is 1. The molecule has 1 heterocycles. The zero-order valence-electron chi connectivity index (χ0n) is 14.7. The molecule has 0 aliphatic carbocycles. The Labute approximate surface area is 148 Å². The number of hydrogen-bond donors (Lipinski definition) is 2. The van der Waals surface area contributed by atoms with Crippen LogP contribution in [0.5, 0.6) is 0 Å². The minimum absolute atomic E-state index is 0.164. The molecule has 130 valence electrons. The van der Waals surface area contributed by atoms with Gasteiger partial charge in [-0.2, -0.15) is 0 Å². The van der Waals surface area contributed by atoms with Crippen LogP contribution in [0.25, 0.3) is 10.9 Å². The number of amides is 1. The summed E-state index contributed by atoms with van der Waals surface area (Å²) in [4.78, 5) is 12.2. The molecule has 0 aliphatic rings. The van der Waals surface area contributed by atoms with Crippen molar-refractivity contribution in [2.75, 3.05) is 6.54 Å². The first-order valence-corrected chi connectivity index (χ1v) is 8.68. The van der Waals surface area contributed by atoms with Crippen LogP contribution < -0.4 is 5.32 Å². The van der Waals surface area contributed by atoms with Crippen LogP contribution in [0.3, 0.4) is 0 Å². The minimum Gasteiger partial charge on any atom is -0.387 e. The lowest BCUT2D eigenvalue weighted by atomic mass is 10.1. The lowest BCUT2D eigenvalue weighted by Gasteiger charge is -2.13. The maximum Gasteiger partial charge on any atom is 0.251 e. The molecule has 0 fully saturated rings. The van der Waals surface area contributed by atoms with Crippen LogP contribution in [-0.2, 0) is 13.5 Å². The van der Waals surface area contributed by atoms with Gasteiger partial charge in [0.15, 0.2) is 0 Å². The van der Waals surface area contributed by atoms with E-state index < -0.39 is 6.10 Å². The SMILES string of the molecule is CCCc1ccc(C(=O)NCC(O)c2ccc3c(ccn3C)c2)cc1. The lowest BCUT2D eigenvalue weighted by Crippen LogP contribution is -2.28. The lowest BCUT2D eigenvalue weighted by molar-refractivity contribution is 0.0916. The van der Waals surface area contributed by atoms with E-state index in [0.717, 1.165) is 29.3 Å². The van der Waals surface area contributed by atoms with Crippen LogP contribution in [0, 0.1) is 0 Å². The van der Waals surface area contributed by atoms with Crippen LogP contribution in [0.15, 0.2) is 54.7 Å². The zero-order chi connectivity index (χ0) is 17.8. The van der Waals surface area contributed by atoms with E-state index in [0.29, 0.717) is 5.56 Å². The van der Waals surface area contributed by atoms with Gasteiger partial charge in [-0.25, -0.2) is 0 Å². The van der Waals surface area contributed by atoms with Crippen molar-refractivity contribution in [2.45, 2.75) is 25.9 Å². The molecule has 0 radical (unpaired) electrons. The second-order valence-corrected chi connectivity index (χ2v) is 6.42. The van der Waals surface area contributed by atoms with Crippen molar-refractivity contribution in [2.24, 2.45) is 7.05 Å². The Morgan fingerprint density at radius 2 is 1.92 bits per heavy atom. The standard InChI is InChI=1S/C21H24N2O2/c1-3-4-15-5-7-16(8-6-15)21(25)22-14-20(24)18-9-10-19-17(13-18)11-12-23(19)2/h5-13,20,24H,3-4,14H2,1-2H3,(H,22,25). The number of carbonyl (C=O) groups is 1. The highest BCUT2D eigenvalue weighted by molar-refractivity contribution is 5.94. The summed E-state index contributed by atoms with van der Waals surface area (Å²) >= 11 is 0. The topological polar surface area (TPSA) is 54.3 Å². The Morgan fingerprint density at radius 3 is 2.64 bits per heavy atom. The van der Waals surface area contributed by atoms with Gasteiger partial charge in [-0.05, 0) is 53.3 Å². The summed E-state index contributed by atoms with van der Waals surface area (Å²) in [5.41, 5.74) is 3.77. The van der Waals surface area contributed by atoms with E-state index in [1.54, 1.807) is 0 Å². The highest BCUT2D eigenvalue weighted by Crippen LogP contribution is 2.21. The van der Waals surface area contributed by atoms with E-state index in [1.807, 2.05) is 66.3 Å². The van der Waals surface area contributed by atoms with Crippen LogP contribution >= 0.6 is 0 Å². The van der Waals surface area contributed by atoms with E-state index in [2.05, 4.69) is 12.2 Å². The van der Waals surface area contributed by atoms with Gasteiger partial charge >= 0.3 is 0 Å². The predicted molar refractivity (Wildman–Crippen MR) is 101 cm³/mol. The summed E-state index contributed by atoms with van der Waals surface area (Å²) < 4.78 is 2.04. The molecule has 0 saturated carbocycles. The first-order valence-electron chi connectivity index (χ1n) is 8.68. The average molecular weight is 336 g/mol. The third kappa shape index (κ3) is 3.91.